The lowest BCUT2D eigenvalue weighted by atomic mass is 9.53. The molecule has 0 saturated carbocycles. The summed E-state index contributed by atoms with van der Waals surface area (Å²) >= 11 is 0. The standard InChI is InChI=1S/C53H52F3N5O5S/c1-7-59(6)67(64,65)58-45-26-25-43(54)46(47(45)56)48(62)42-33-52(5,53(36-17-11-8-12-18-36,37-19-13-9-14-20-37)38-21-15-10-16-22-38)49-41(42)31-35(34-57-49)40-24-23-39(32-44(40)55)60-27-29-61(30-28-60)50(63)66-51(2,3)4/h8-26,31-34,58H,7,27-30H2,1-6H3/t52-/m1/s1. The number of nitrogens with zero attached hydrogens (tertiary/aromatic N) is 4. The van der Waals surface area contributed by atoms with Crippen LogP contribution in [-0.2, 0) is 25.8 Å². The normalized spacial score (nSPS) is 16.4. The van der Waals surface area contributed by atoms with Crippen molar-refractivity contribution in [2.75, 3.05) is 49.4 Å². The van der Waals surface area contributed by atoms with E-state index in [4.69, 9.17) is 9.72 Å². The molecule has 0 radical (unpaired) electrons. The highest BCUT2D eigenvalue weighted by Crippen LogP contribution is 2.58. The van der Waals surface area contributed by atoms with E-state index in [1.807, 2.05) is 124 Å². The summed E-state index contributed by atoms with van der Waals surface area (Å²) in [6.07, 6.45) is 2.83. The summed E-state index contributed by atoms with van der Waals surface area (Å²) < 4.78 is 84.2. The molecule has 1 atom stereocenters. The largest absolute Gasteiger partial charge is 0.444 e. The highest BCUT2D eigenvalue weighted by Gasteiger charge is 2.56. The van der Waals surface area contributed by atoms with Gasteiger partial charge in [-0.3, -0.25) is 14.5 Å². The second-order valence-corrected chi connectivity index (χ2v) is 19.8. The molecule has 1 amide bonds. The highest BCUT2D eigenvalue weighted by atomic mass is 32.2. The molecular formula is C53H52F3N5O5S. The fraction of sp³-hybridized carbons (Fsp3) is 0.264. The molecule has 346 valence electrons. The zero-order valence-corrected chi connectivity index (χ0v) is 39.0. The van der Waals surface area contributed by atoms with E-state index in [0.29, 0.717) is 43.1 Å². The number of allylic oxidation sites excluding steroid dienone is 2. The van der Waals surface area contributed by atoms with Gasteiger partial charge in [-0.15, -0.1) is 0 Å². The quantitative estimate of drug-likeness (QED) is 0.0961. The topological polar surface area (TPSA) is 112 Å². The molecule has 2 aliphatic rings. The van der Waals surface area contributed by atoms with Crippen LogP contribution < -0.4 is 9.62 Å². The molecule has 2 heterocycles. The molecular weight excluding hydrogens is 876 g/mol. The van der Waals surface area contributed by atoms with Crippen molar-refractivity contribution in [3.05, 3.63) is 191 Å². The summed E-state index contributed by atoms with van der Waals surface area (Å²) in [5.41, 5.74) is -0.575. The van der Waals surface area contributed by atoms with Crippen LogP contribution in [0.4, 0.5) is 29.3 Å². The molecule has 1 saturated heterocycles. The lowest BCUT2D eigenvalue weighted by Crippen LogP contribution is -2.50. The van der Waals surface area contributed by atoms with Crippen molar-refractivity contribution in [2.24, 2.45) is 0 Å². The lowest BCUT2D eigenvalue weighted by molar-refractivity contribution is 0.0240. The average molecular weight is 928 g/mol. The molecule has 1 aliphatic carbocycles. The van der Waals surface area contributed by atoms with Crippen LogP contribution in [0.3, 0.4) is 0 Å². The molecule has 5 aromatic carbocycles. The van der Waals surface area contributed by atoms with Crippen molar-refractivity contribution in [1.82, 2.24) is 14.2 Å². The van der Waals surface area contributed by atoms with Crippen molar-refractivity contribution in [2.45, 2.75) is 51.0 Å². The fourth-order valence-corrected chi connectivity index (χ4v) is 10.3. The van der Waals surface area contributed by atoms with Gasteiger partial charge in [-0.25, -0.2) is 18.0 Å². The van der Waals surface area contributed by atoms with Crippen molar-refractivity contribution < 1.29 is 35.9 Å². The van der Waals surface area contributed by atoms with Crippen molar-refractivity contribution in [3.63, 3.8) is 0 Å². The maximum absolute atomic E-state index is 16.7. The second-order valence-electron chi connectivity index (χ2n) is 18.0. The minimum atomic E-state index is -4.28. The third-order valence-electron chi connectivity index (χ3n) is 12.7. The zero-order valence-electron chi connectivity index (χ0n) is 38.2. The predicted octanol–water partition coefficient (Wildman–Crippen LogP) is 10.4. The minimum absolute atomic E-state index is 0.0592. The molecule has 8 rings (SSSR count). The maximum Gasteiger partial charge on any atom is 0.410 e. The van der Waals surface area contributed by atoms with E-state index in [0.717, 1.165) is 33.1 Å². The number of anilines is 2. The van der Waals surface area contributed by atoms with E-state index in [1.54, 1.807) is 42.3 Å². The molecule has 6 aromatic rings. The van der Waals surface area contributed by atoms with Crippen LogP contribution in [0.2, 0.25) is 0 Å². The molecule has 10 nitrogen and oxygen atoms in total. The number of pyridine rings is 1. The number of piperazine rings is 1. The van der Waals surface area contributed by atoms with Crippen LogP contribution in [0.1, 0.15) is 72.9 Å². The number of Topliss-reactive ketones (excluding diaryl/α,β-unsaturated/α-hetero) is 1. The Bertz CT molecular complexity index is 2880. The first-order chi connectivity index (χ1) is 31.9. The number of carbonyl (C=O) groups excluding carboxylic acids is 2. The lowest BCUT2D eigenvalue weighted by Gasteiger charge is -2.47. The van der Waals surface area contributed by atoms with Gasteiger partial charge in [0, 0.05) is 79.3 Å². The van der Waals surface area contributed by atoms with E-state index >= 15 is 18.0 Å². The first-order valence-electron chi connectivity index (χ1n) is 22.1. The molecule has 1 fully saturated rings. The number of hydrogen-bond donors (Lipinski definition) is 1. The predicted molar refractivity (Wildman–Crippen MR) is 256 cm³/mol. The van der Waals surface area contributed by atoms with Gasteiger partial charge < -0.3 is 14.5 Å². The van der Waals surface area contributed by atoms with E-state index < -0.39 is 67.2 Å². The van der Waals surface area contributed by atoms with Gasteiger partial charge in [-0.2, -0.15) is 12.7 Å². The minimum Gasteiger partial charge on any atom is -0.444 e. The van der Waals surface area contributed by atoms with Crippen LogP contribution in [0.5, 0.6) is 0 Å². The summed E-state index contributed by atoms with van der Waals surface area (Å²) in [5.74, 6) is -4.24. The van der Waals surface area contributed by atoms with Gasteiger partial charge in [-0.05, 0) is 80.8 Å². The van der Waals surface area contributed by atoms with Crippen LogP contribution in [0, 0.1) is 17.5 Å². The summed E-state index contributed by atoms with van der Waals surface area (Å²) in [7, 11) is -2.98. The smallest absolute Gasteiger partial charge is 0.410 e. The molecule has 14 heteroatoms. The number of ether oxygens (including phenoxy) is 1. The Morgan fingerprint density at radius 3 is 1.87 bits per heavy atom. The zero-order chi connectivity index (χ0) is 47.9. The summed E-state index contributed by atoms with van der Waals surface area (Å²) in [4.78, 5) is 36.6. The third-order valence-corrected chi connectivity index (χ3v) is 14.3. The van der Waals surface area contributed by atoms with Crippen molar-refractivity contribution >= 4 is 39.0 Å². The second kappa shape index (κ2) is 18.1. The molecule has 0 spiro atoms. The monoisotopic (exact) mass is 927 g/mol. The number of halogens is 3. The van der Waals surface area contributed by atoms with Gasteiger partial charge in [0.15, 0.2) is 11.6 Å². The molecule has 1 N–H and O–H groups in total. The Kier molecular flexibility index (Phi) is 12.7. The summed E-state index contributed by atoms with van der Waals surface area (Å²) in [5, 5.41) is 0. The van der Waals surface area contributed by atoms with Crippen molar-refractivity contribution in [1.29, 1.82) is 0 Å². The van der Waals surface area contributed by atoms with Crippen LogP contribution in [0.25, 0.3) is 16.7 Å². The summed E-state index contributed by atoms with van der Waals surface area (Å²) in [6, 6.07) is 37.4. The Hall–Kier alpha value is -6.77. The molecule has 1 aliphatic heterocycles. The number of nitrogens with one attached hydrogen (secondary N) is 1. The van der Waals surface area contributed by atoms with E-state index in [2.05, 4.69) is 4.72 Å². The molecule has 67 heavy (non-hydrogen) atoms. The number of ketones is 1. The molecule has 0 bridgehead atoms. The Morgan fingerprint density at radius 2 is 1.34 bits per heavy atom. The number of benzene rings is 5. The number of rotatable bonds is 12. The van der Waals surface area contributed by atoms with E-state index in [9.17, 15) is 13.2 Å². The van der Waals surface area contributed by atoms with Crippen LogP contribution >= 0.6 is 0 Å². The van der Waals surface area contributed by atoms with E-state index in [1.165, 1.54) is 13.1 Å². The molecule has 0 unspecified atom stereocenters. The number of amides is 1. The fourth-order valence-electron chi connectivity index (χ4n) is 9.37. The van der Waals surface area contributed by atoms with Gasteiger partial charge in [0.25, 0.3) is 0 Å². The van der Waals surface area contributed by atoms with E-state index in [-0.39, 0.29) is 23.2 Å². The van der Waals surface area contributed by atoms with Gasteiger partial charge in [-0.1, -0.05) is 104 Å². The first kappa shape index (κ1) is 46.7. The SMILES string of the molecule is CCN(C)S(=O)(=O)Nc1ccc(F)c(C(=O)C2=C[C@@](C)(C(c3ccccc3)(c3ccccc3)c3ccccc3)c3ncc(-c4ccc(N5CCN(C(=O)OC(C)(C)C)CC5)cc4F)cc32)c1F. The van der Waals surface area contributed by atoms with Crippen molar-refractivity contribution in [3.8, 4) is 11.1 Å². The van der Waals surface area contributed by atoms with Crippen LogP contribution in [0.15, 0.2) is 140 Å². The first-order valence-corrected chi connectivity index (χ1v) is 23.5. The third kappa shape index (κ3) is 8.60. The highest BCUT2D eigenvalue weighted by molar-refractivity contribution is 7.90. The maximum atomic E-state index is 16.7. The van der Waals surface area contributed by atoms with Crippen LogP contribution in [-0.4, -0.2) is 79.9 Å². The number of aromatic nitrogens is 1. The van der Waals surface area contributed by atoms with Gasteiger partial charge in [0.2, 0.25) is 0 Å². The Labute approximate surface area is 389 Å². The average Bonchev–Trinajstić information content (AvgIpc) is 3.62. The van der Waals surface area contributed by atoms with Gasteiger partial charge in [0.1, 0.15) is 17.2 Å². The molecule has 1 aromatic heterocycles. The number of carbonyl (C=O) groups is 2. The number of hydrogen-bond acceptors (Lipinski definition) is 7. The number of fused-ring (bicyclic) bond motifs is 1. The van der Waals surface area contributed by atoms with Gasteiger partial charge >= 0.3 is 16.3 Å². The Morgan fingerprint density at radius 1 is 0.776 bits per heavy atom. The summed E-state index contributed by atoms with van der Waals surface area (Å²) in [6.45, 7) is 10.7. The van der Waals surface area contributed by atoms with Gasteiger partial charge in [0.05, 0.1) is 22.4 Å². The Balaban J connectivity index is 1.29.